The van der Waals surface area contributed by atoms with E-state index in [4.69, 9.17) is 11.6 Å². The van der Waals surface area contributed by atoms with Crippen LogP contribution in [0.25, 0.3) is 22.2 Å². The minimum atomic E-state index is -3.66. The highest BCUT2D eigenvalue weighted by molar-refractivity contribution is 7.89. The van der Waals surface area contributed by atoms with Gasteiger partial charge in [0, 0.05) is 22.6 Å². The maximum absolute atomic E-state index is 13.0. The van der Waals surface area contributed by atoms with E-state index in [-0.39, 0.29) is 16.0 Å². The first-order valence-electron chi connectivity index (χ1n) is 9.35. The van der Waals surface area contributed by atoms with Crippen LogP contribution in [0.4, 0.5) is 0 Å². The molecule has 0 radical (unpaired) electrons. The number of H-pyrrole nitrogens is 1. The molecular formula is C21H23ClN2O2S. The van der Waals surface area contributed by atoms with E-state index in [0.717, 1.165) is 53.4 Å². The fourth-order valence-electron chi connectivity index (χ4n) is 3.94. The lowest BCUT2D eigenvalue weighted by Crippen LogP contribution is -2.36. The Kier molecular flexibility index (Phi) is 5.01. The summed E-state index contributed by atoms with van der Waals surface area (Å²) < 4.78 is 28.8. The number of rotatable bonds is 4. The number of aromatic nitrogens is 1. The summed E-state index contributed by atoms with van der Waals surface area (Å²) in [6, 6.07) is 13.3. The number of hydrogen-bond donors (Lipinski definition) is 2. The maximum Gasteiger partial charge on any atom is 0.242 e. The zero-order valence-electron chi connectivity index (χ0n) is 15.3. The molecule has 1 aliphatic rings. The first kappa shape index (κ1) is 18.5. The van der Waals surface area contributed by atoms with Gasteiger partial charge in [-0.3, -0.25) is 0 Å². The molecule has 0 bridgehead atoms. The third-order valence-electron chi connectivity index (χ3n) is 5.40. The molecule has 6 heteroatoms. The zero-order valence-corrected chi connectivity index (χ0v) is 16.8. The number of hydrogen-bond acceptors (Lipinski definition) is 2. The van der Waals surface area contributed by atoms with Crippen molar-refractivity contribution in [1.82, 2.24) is 9.71 Å². The molecular weight excluding hydrogens is 380 g/mol. The van der Waals surface area contributed by atoms with Crippen LogP contribution in [-0.2, 0) is 10.0 Å². The summed E-state index contributed by atoms with van der Waals surface area (Å²) in [5.41, 5.74) is 3.86. The second-order valence-electron chi connectivity index (χ2n) is 7.27. The predicted octanol–water partition coefficient (Wildman–Crippen LogP) is 5.41. The lowest BCUT2D eigenvalue weighted by Gasteiger charge is -2.23. The summed E-state index contributed by atoms with van der Waals surface area (Å²) in [6.45, 7) is 2.04. The van der Waals surface area contributed by atoms with Gasteiger partial charge in [-0.1, -0.05) is 55.1 Å². The highest BCUT2D eigenvalue weighted by atomic mass is 35.5. The van der Waals surface area contributed by atoms with Gasteiger partial charge in [0.1, 0.15) is 4.90 Å². The fraction of sp³-hybridized carbons (Fsp3) is 0.333. The molecule has 0 spiro atoms. The average molecular weight is 403 g/mol. The van der Waals surface area contributed by atoms with Gasteiger partial charge in [-0.15, -0.1) is 0 Å². The second kappa shape index (κ2) is 7.30. The molecule has 4 nitrogen and oxygen atoms in total. The molecule has 1 fully saturated rings. The van der Waals surface area contributed by atoms with Gasteiger partial charge in [0.25, 0.3) is 0 Å². The summed E-state index contributed by atoms with van der Waals surface area (Å²) in [5, 5.41) is 1.38. The Hall–Kier alpha value is -1.82. The van der Waals surface area contributed by atoms with Gasteiger partial charge in [0.2, 0.25) is 10.0 Å². The van der Waals surface area contributed by atoms with E-state index in [9.17, 15) is 8.42 Å². The highest BCUT2D eigenvalue weighted by Crippen LogP contribution is 2.33. The highest BCUT2D eigenvalue weighted by Gasteiger charge is 2.24. The molecule has 1 heterocycles. The number of nitrogens with one attached hydrogen (secondary N) is 2. The summed E-state index contributed by atoms with van der Waals surface area (Å²) in [7, 11) is -3.66. The van der Waals surface area contributed by atoms with E-state index in [2.05, 4.69) is 15.8 Å². The molecule has 0 aliphatic heterocycles. The first-order valence-corrected chi connectivity index (χ1v) is 11.2. The predicted molar refractivity (Wildman–Crippen MR) is 111 cm³/mol. The Morgan fingerprint density at radius 3 is 2.56 bits per heavy atom. The van der Waals surface area contributed by atoms with Crippen LogP contribution in [0.5, 0.6) is 0 Å². The molecule has 4 rings (SSSR count). The van der Waals surface area contributed by atoms with E-state index >= 15 is 0 Å². The molecule has 0 amide bonds. The van der Waals surface area contributed by atoms with Gasteiger partial charge in [-0.05, 0) is 49.1 Å². The largest absolute Gasteiger partial charge is 0.354 e. The van der Waals surface area contributed by atoms with Crippen molar-refractivity contribution in [1.29, 1.82) is 0 Å². The number of halogens is 1. The standard InChI is InChI=1S/C21H23ClN2O2S/c1-14-17-9-5-6-10-19(17)23-21(14)15-11-12-18(22)20(13-15)27(25,26)24-16-7-3-2-4-8-16/h5-6,9-13,16,23-24H,2-4,7-8H2,1H3. The number of sulfonamides is 1. The third kappa shape index (κ3) is 3.64. The molecule has 27 heavy (non-hydrogen) atoms. The van der Waals surface area contributed by atoms with Gasteiger partial charge in [0.15, 0.2) is 0 Å². The van der Waals surface area contributed by atoms with Crippen LogP contribution in [0.3, 0.4) is 0 Å². The first-order chi connectivity index (χ1) is 13.0. The van der Waals surface area contributed by atoms with Gasteiger partial charge in [-0.25, -0.2) is 13.1 Å². The molecule has 1 saturated carbocycles. The number of benzene rings is 2. The van der Waals surface area contributed by atoms with Crippen molar-refractivity contribution >= 4 is 32.5 Å². The van der Waals surface area contributed by atoms with Crippen LogP contribution in [0.1, 0.15) is 37.7 Å². The minimum Gasteiger partial charge on any atom is -0.354 e. The Balaban J connectivity index is 1.73. The van der Waals surface area contributed by atoms with Crippen molar-refractivity contribution in [3.63, 3.8) is 0 Å². The smallest absolute Gasteiger partial charge is 0.242 e. The van der Waals surface area contributed by atoms with Gasteiger partial charge in [-0.2, -0.15) is 0 Å². The van der Waals surface area contributed by atoms with Crippen molar-refractivity contribution in [2.75, 3.05) is 0 Å². The Labute approximate surface area is 165 Å². The van der Waals surface area contributed by atoms with Crippen LogP contribution in [-0.4, -0.2) is 19.4 Å². The van der Waals surface area contributed by atoms with Crippen molar-refractivity contribution in [2.45, 2.75) is 50.0 Å². The Morgan fingerprint density at radius 2 is 1.81 bits per heavy atom. The van der Waals surface area contributed by atoms with Gasteiger partial charge in [0.05, 0.1) is 5.02 Å². The average Bonchev–Trinajstić information content (AvgIpc) is 2.99. The number of fused-ring (bicyclic) bond motifs is 1. The molecule has 2 aromatic carbocycles. The molecule has 0 unspecified atom stereocenters. The third-order valence-corrected chi connectivity index (χ3v) is 7.40. The summed E-state index contributed by atoms with van der Waals surface area (Å²) in [5.74, 6) is 0. The van der Waals surface area contributed by atoms with Crippen LogP contribution in [0, 0.1) is 6.92 Å². The number of aryl methyl sites for hydroxylation is 1. The van der Waals surface area contributed by atoms with E-state index in [0.29, 0.717) is 0 Å². The van der Waals surface area contributed by atoms with Crippen molar-refractivity contribution in [3.05, 3.63) is 53.1 Å². The van der Waals surface area contributed by atoms with E-state index in [1.54, 1.807) is 12.1 Å². The topological polar surface area (TPSA) is 62.0 Å². The second-order valence-corrected chi connectivity index (χ2v) is 9.36. The molecule has 1 aliphatic carbocycles. The Morgan fingerprint density at radius 1 is 1.07 bits per heavy atom. The van der Waals surface area contributed by atoms with E-state index in [1.807, 2.05) is 31.2 Å². The molecule has 0 saturated heterocycles. The van der Waals surface area contributed by atoms with Crippen molar-refractivity contribution < 1.29 is 8.42 Å². The lowest BCUT2D eigenvalue weighted by atomic mass is 9.96. The number of para-hydroxylation sites is 1. The fourth-order valence-corrected chi connectivity index (χ4v) is 5.77. The SMILES string of the molecule is Cc1c(-c2ccc(Cl)c(S(=O)(=O)NC3CCCCC3)c2)[nH]c2ccccc12. The molecule has 142 valence electrons. The molecule has 2 N–H and O–H groups in total. The summed E-state index contributed by atoms with van der Waals surface area (Å²) in [6.07, 6.45) is 5.08. The van der Waals surface area contributed by atoms with Crippen molar-refractivity contribution in [3.8, 4) is 11.3 Å². The van der Waals surface area contributed by atoms with Crippen molar-refractivity contribution in [2.24, 2.45) is 0 Å². The minimum absolute atomic E-state index is 0.00159. The summed E-state index contributed by atoms with van der Waals surface area (Å²) in [4.78, 5) is 3.55. The van der Waals surface area contributed by atoms with Crippen LogP contribution < -0.4 is 4.72 Å². The normalized spacial score (nSPS) is 16.1. The van der Waals surface area contributed by atoms with Crippen LogP contribution in [0.2, 0.25) is 5.02 Å². The molecule has 1 aromatic heterocycles. The van der Waals surface area contributed by atoms with Crippen LogP contribution in [0.15, 0.2) is 47.4 Å². The molecule has 0 atom stereocenters. The number of aromatic amines is 1. The van der Waals surface area contributed by atoms with E-state index < -0.39 is 10.0 Å². The van der Waals surface area contributed by atoms with Crippen LogP contribution >= 0.6 is 11.6 Å². The lowest BCUT2D eigenvalue weighted by molar-refractivity contribution is 0.412. The summed E-state index contributed by atoms with van der Waals surface area (Å²) >= 11 is 6.28. The maximum atomic E-state index is 13.0. The monoisotopic (exact) mass is 402 g/mol. The zero-order chi connectivity index (χ0) is 19.0. The van der Waals surface area contributed by atoms with Gasteiger partial charge >= 0.3 is 0 Å². The quantitative estimate of drug-likeness (QED) is 0.613. The molecule has 3 aromatic rings. The Bertz CT molecular complexity index is 1080. The van der Waals surface area contributed by atoms with Gasteiger partial charge < -0.3 is 4.98 Å². The van der Waals surface area contributed by atoms with E-state index in [1.165, 1.54) is 6.42 Å².